The summed E-state index contributed by atoms with van der Waals surface area (Å²) in [5.74, 6) is 0.290. The molecule has 28 heavy (non-hydrogen) atoms. The number of benzene rings is 1. The van der Waals surface area contributed by atoms with Crippen LogP contribution in [0.25, 0.3) is 0 Å². The van der Waals surface area contributed by atoms with Gasteiger partial charge in [-0.05, 0) is 32.4 Å². The number of anilines is 1. The molecule has 0 spiro atoms. The lowest BCUT2D eigenvalue weighted by atomic mass is 9.95. The first-order valence-electron chi connectivity index (χ1n) is 9.25. The Labute approximate surface area is 169 Å². The number of imide groups is 1. The molecule has 0 radical (unpaired) electrons. The van der Waals surface area contributed by atoms with E-state index in [0.29, 0.717) is 30.4 Å². The van der Waals surface area contributed by atoms with E-state index in [1.54, 1.807) is 20.1 Å². The van der Waals surface area contributed by atoms with E-state index in [4.69, 9.17) is 16.3 Å². The van der Waals surface area contributed by atoms with Crippen LogP contribution in [0.5, 0.6) is 5.75 Å². The van der Waals surface area contributed by atoms with E-state index in [0.717, 1.165) is 5.69 Å². The van der Waals surface area contributed by atoms with Crippen molar-refractivity contribution in [3.8, 4) is 5.75 Å². The normalized spacial score (nSPS) is 24.8. The maximum Gasteiger partial charge on any atom is 0.322 e. The fourth-order valence-electron chi connectivity index (χ4n) is 3.70. The van der Waals surface area contributed by atoms with Crippen molar-refractivity contribution in [3.63, 3.8) is 0 Å². The molecule has 0 aliphatic carbocycles. The number of carbonyl (C=O) groups excluding carboxylic acids is 3. The Hall–Kier alpha value is -2.48. The van der Waals surface area contributed by atoms with Gasteiger partial charge in [-0.2, -0.15) is 0 Å². The molecular formula is C19H25ClN4O4. The number of nitrogens with one attached hydrogen (secondary N) is 2. The van der Waals surface area contributed by atoms with Crippen LogP contribution >= 0.6 is 11.6 Å². The molecule has 2 saturated heterocycles. The smallest absolute Gasteiger partial charge is 0.322 e. The molecule has 0 unspecified atom stereocenters. The fraction of sp³-hybridized carbons (Fsp3) is 0.526. The van der Waals surface area contributed by atoms with Crippen molar-refractivity contribution in [3.05, 3.63) is 23.2 Å². The summed E-state index contributed by atoms with van der Waals surface area (Å²) in [5.41, 5.74) is -0.0824. The molecule has 3 rings (SSSR count). The highest BCUT2D eigenvalue weighted by atomic mass is 35.5. The molecule has 2 aliphatic rings. The number of carbonyl (C=O) groups is 3. The summed E-state index contributed by atoms with van der Waals surface area (Å²) in [6.07, 6.45) is 0.462. The number of methoxy groups -OCH3 is 1. The van der Waals surface area contributed by atoms with Crippen molar-refractivity contribution in [2.24, 2.45) is 0 Å². The van der Waals surface area contributed by atoms with Crippen LogP contribution in [0.3, 0.4) is 0 Å². The SMILES string of the molecule is COc1cc(Cl)ccc1N1CCN(C(=O)CC[C@@]2(C)NC(=O)NC2=O)C[C@@H]1C. The van der Waals surface area contributed by atoms with Crippen LogP contribution in [0.1, 0.15) is 26.7 Å². The van der Waals surface area contributed by atoms with E-state index in [-0.39, 0.29) is 24.8 Å². The largest absolute Gasteiger partial charge is 0.495 e. The Morgan fingerprint density at radius 3 is 2.71 bits per heavy atom. The van der Waals surface area contributed by atoms with E-state index < -0.39 is 17.5 Å². The summed E-state index contributed by atoms with van der Waals surface area (Å²) < 4.78 is 5.45. The summed E-state index contributed by atoms with van der Waals surface area (Å²) in [7, 11) is 1.61. The Balaban J connectivity index is 1.60. The third-order valence-corrected chi connectivity index (χ3v) is 5.62. The molecule has 0 bridgehead atoms. The summed E-state index contributed by atoms with van der Waals surface area (Å²) in [6.45, 7) is 5.50. The van der Waals surface area contributed by atoms with E-state index in [1.807, 2.05) is 17.0 Å². The maximum absolute atomic E-state index is 12.7. The molecule has 4 amide bonds. The Kier molecular flexibility index (Phi) is 5.69. The molecule has 2 fully saturated rings. The number of piperazine rings is 1. The summed E-state index contributed by atoms with van der Waals surface area (Å²) in [4.78, 5) is 39.9. The lowest BCUT2D eigenvalue weighted by molar-refractivity contribution is -0.132. The van der Waals surface area contributed by atoms with Gasteiger partial charge in [-0.25, -0.2) is 4.79 Å². The minimum atomic E-state index is -1.03. The third-order valence-electron chi connectivity index (χ3n) is 5.39. The zero-order valence-electron chi connectivity index (χ0n) is 16.3. The van der Waals surface area contributed by atoms with Crippen LogP contribution in [0.15, 0.2) is 18.2 Å². The molecule has 2 N–H and O–H groups in total. The number of nitrogens with zero attached hydrogens (tertiary/aromatic N) is 2. The van der Waals surface area contributed by atoms with Crippen molar-refractivity contribution >= 4 is 35.1 Å². The predicted octanol–water partition coefficient (Wildman–Crippen LogP) is 1.76. The molecule has 0 saturated carbocycles. The van der Waals surface area contributed by atoms with E-state index in [9.17, 15) is 14.4 Å². The highest BCUT2D eigenvalue weighted by Crippen LogP contribution is 2.33. The molecule has 1 aromatic carbocycles. The number of urea groups is 1. The summed E-state index contributed by atoms with van der Waals surface area (Å²) >= 11 is 6.05. The van der Waals surface area contributed by atoms with Crippen LogP contribution in [0.4, 0.5) is 10.5 Å². The molecule has 2 atom stereocenters. The number of amides is 4. The molecule has 0 aromatic heterocycles. The second-order valence-corrected chi connectivity index (χ2v) is 7.88. The van der Waals surface area contributed by atoms with Gasteiger partial charge in [0, 0.05) is 43.2 Å². The van der Waals surface area contributed by atoms with E-state index in [1.165, 1.54) is 0 Å². The van der Waals surface area contributed by atoms with Gasteiger partial charge in [-0.1, -0.05) is 11.6 Å². The second-order valence-electron chi connectivity index (χ2n) is 7.44. The van der Waals surface area contributed by atoms with Gasteiger partial charge in [0.25, 0.3) is 5.91 Å². The van der Waals surface area contributed by atoms with E-state index in [2.05, 4.69) is 22.5 Å². The Bertz CT molecular complexity index is 802. The molecule has 2 aliphatic heterocycles. The molecule has 152 valence electrons. The predicted molar refractivity (Wildman–Crippen MR) is 106 cm³/mol. The average Bonchev–Trinajstić information content (AvgIpc) is 2.91. The minimum absolute atomic E-state index is 0.0234. The number of hydrogen-bond acceptors (Lipinski definition) is 5. The number of halogens is 1. The summed E-state index contributed by atoms with van der Waals surface area (Å²) in [6, 6.07) is 5.11. The lowest BCUT2D eigenvalue weighted by Gasteiger charge is -2.42. The lowest BCUT2D eigenvalue weighted by Crippen LogP contribution is -2.54. The van der Waals surface area contributed by atoms with Gasteiger partial charge >= 0.3 is 6.03 Å². The van der Waals surface area contributed by atoms with E-state index >= 15 is 0 Å². The van der Waals surface area contributed by atoms with Gasteiger partial charge in [0.05, 0.1) is 12.8 Å². The second kappa shape index (κ2) is 7.87. The fourth-order valence-corrected chi connectivity index (χ4v) is 3.86. The van der Waals surface area contributed by atoms with Crippen LogP contribution in [-0.2, 0) is 9.59 Å². The summed E-state index contributed by atoms with van der Waals surface area (Å²) in [5, 5.41) is 5.41. The maximum atomic E-state index is 12.7. The van der Waals surface area contributed by atoms with Crippen LogP contribution in [0.2, 0.25) is 5.02 Å². The number of ether oxygens (including phenoxy) is 1. The van der Waals surface area contributed by atoms with Gasteiger partial charge in [-0.15, -0.1) is 0 Å². The van der Waals surface area contributed by atoms with Crippen molar-refractivity contribution in [2.45, 2.75) is 38.3 Å². The Morgan fingerprint density at radius 1 is 1.36 bits per heavy atom. The van der Waals surface area contributed by atoms with Crippen LogP contribution < -0.4 is 20.3 Å². The molecule has 1 aromatic rings. The highest BCUT2D eigenvalue weighted by molar-refractivity contribution is 6.30. The third kappa shape index (κ3) is 4.01. The monoisotopic (exact) mass is 408 g/mol. The van der Waals surface area contributed by atoms with Gasteiger partial charge in [0.1, 0.15) is 11.3 Å². The topological polar surface area (TPSA) is 91.0 Å². The quantitative estimate of drug-likeness (QED) is 0.724. The average molecular weight is 409 g/mol. The van der Waals surface area contributed by atoms with Crippen molar-refractivity contribution < 1.29 is 19.1 Å². The van der Waals surface area contributed by atoms with Gasteiger partial charge in [0.15, 0.2) is 0 Å². The highest BCUT2D eigenvalue weighted by Gasteiger charge is 2.42. The molecule has 9 heteroatoms. The number of hydrogen-bond donors (Lipinski definition) is 2. The van der Waals surface area contributed by atoms with Crippen molar-refractivity contribution in [1.82, 2.24) is 15.5 Å². The number of rotatable bonds is 5. The van der Waals surface area contributed by atoms with Crippen LogP contribution in [0, 0.1) is 0 Å². The molecule has 8 nitrogen and oxygen atoms in total. The molecular weight excluding hydrogens is 384 g/mol. The first-order valence-corrected chi connectivity index (χ1v) is 9.63. The van der Waals surface area contributed by atoms with Gasteiger partial charge in [-0.3, -0.25) is 14.9 Å². The first-order chi connectivity index (χ1) is 13.2. The zero-order valence-corrected chi connectivity index (χ0v) is 17.0. The minimum Gasteiger partial charge on any atom is -0.495 e. The first kappa shape index (κ1) is 20.3. The Morgan fingerprint density at radius 2 is 2.11 bits per heavy atom. The van der Waals surface area contributed by atoms with Crippen molar-refractivity contribution in [2.75, 3.05) is 31.6 Å². The molecule has 2 heterocycles. The van der Waals surface area contributed by atoms with Crippen LogP contribution in [-0.4, -0.2) is 61.1 Å². The zero-order chi connectivity index (χ0) is 20.5. The van der Waals surface area contributed by atoms with Crippen molar-refractivity contribution in [1.29, 1.82) is 0 Å². The van der Waals surface area contributed by atoms with Gasteiger partial charge in [0.2, 0.25) is 5.91 Å². The standard InChI is InChI=1S/C19H25ClN4O4/c1-12-11-23(16(25)6-7-19(2)17(26)21-18(27)22-19)8-9-24(12)14-5-4-13(20)10-15(14)28-3/h4-5,10,12H,6-9,11H2,1-3H3,(H2,21,22,26,27)/t12-,19+/m0/s1. The van der Waals surface area contributed by atoms with Gasteiger partial charge < -0.3 is 19.9 Å².